The summed E-state index contributed by atoms with van der Waals surface area (Å²) in [6.45, 7) is 3.88. The largest absolute Gasteiger partial charge is 1.00 e. The summed E-state index contributed by atoms with van der Waals surface area (Å²) in [5.74, 6) is -0.180. The van der Waals surface area contributed by atoms with Gasteiger partial charge in [-0.05, 0) is 97.3 Å². The average molecular weight is 868 g/mol. The number of nitrogens with one attached hydrogen (secondary N) is 2. The van der Waals surface area contributed by atoms with E-state index >= 15 is 0 Å². The van der Waals surface area contributed by atoms with Gasteiger partial charge in [0.1, 0.15) is 11.6 Å². The van der Waals surface area contributed by atoms with Crippen molar-refractivity contribution >= 4 is 69.2 Å². The number of ketones is 1. The number of fused-ring (bicyclic) bond motifs is 1. The van der Waals surface area contributed by atoms with E-state index in [0.29, 0.717) is 44.8 Å². The summed E-state index contributed by atoms with van der Waals surface area (Å²) in [4.78, 5) is 50.6. The van der Waals surface area contributed by atoms with E-state index < -0.39 is 5.97 Å². The number of carbonyl (C=O) groups excluding carboxylic acids is 2. The van der Waals surface area contributed by atoms with Gasteiger partial charge in [-0.15, -0.1) is 0 Å². The molecule has 0 aliphatic carbocycles. The van der Waals surface area contributed by atoms with Gasteiger partial charge >= 0.3 is 5.97 Å². The van der Waals surface area contributed by atoms with Gasteiger partial charge in [0.2, 0.25) is 5.78 Å². The lowest BCUT2D eigenvalue weighted by atomic mass is 10.0. The van der Waals surface area contributed by atoms with E-state index in [2.05, 4.69) is 25.3 Å². The maximum atomic E-state index is 12.1. The standard InChI is InChI=1S/C18H13ClN4O2.C13H9ClO4.C6H9N3.HI/c1-10-7-14-17(20-9-10)23-16(22-14)12-8-11(4-5-13(12)19)21-18(24)15-3-2-6-25-15;14-10-4-3-8(6-9(10)13(16)17)7-11(15)12-2-1-5-18-12;1-4-2-5(7)6(8)9-3-4;/h2-9H,1H3,(H,21,24)(H,20,22,23);1-6H,7H2,(H,16,17);2-3H,7H2,1H3,(H2,8,9);1H/p-1. The first-order valence-corrected chi connectivity index (χ1v) is 16.2. The molecule has 7 rings (SSSR count). The Kier molecular flexibility index (Phi) is 13.7. The van der Waals surface area contributed by atoms with Gasteiger partial charge in [0.05, 0.1) is 39.3 Å². The van der Waals surface area contributed by atoms with Crippen LogP contribution in [0.15, 0.2) is 107 Å². The zero-order valence-electron chi connectivity index (χ0n) is 28.1. The highest BCUT2D eigenvalue weighted by Gasteiger charge is 2.15. The normalized spacial score (nSPS) is 10.3. The van der Waals surface area contributed by atoms with Crippen LogP contribution in [-0.2, 0) is 6.42 Å². The number of aromatic nitrogens is 4. The molecule has 0 aliphatic heterocycles. The number of pyridine rings is 2. The quantitative estimate of drug-likeness (QED) is 0.106. The van der Waals surface area contributed by atoms with E-state index in [9.17, 15) is 14.4 Å². The number of H-pyrrole nitrogens is 1. The van der Waals surface area contributed by atoms with Crippen molar-refractivity contribution in [1.29, 1.82) is 0 Å². The van der Waals surface area contributed by atoms with Gasteiger partial charge in [-0.2, -0.15) is 0 Å². The number of benzene rings is 2. The first kappa shape index (κ1) is 40.1. The number of halogens is 3. The molecular weight excluding hydrogens is 836 g/mol. The fraction of sp³-hybridized carbons (Fsp3) is 0.0811. The molecule has 272 valence electrons. The lowest BCUT2D eigenvalue weighted by Gasteiger charge is -2.07. The fourth-order valence-corrected chi connectivity index (χ4v) is 5.08. The number of rotatable bonds is 7. The molecule has 0 spiro atoms. The molecule has 2 aromatic carbocycles. The lowest BCUT2D eigenvalue weighted by Crippen LogP contribution is -3.00. The van der Waals surface area contributed by atoms with Crippen LogP contribution < -0.4 is 40.8 Å². The molecule has 0 saturated heterocycles. The summed E-state index contributed by atoms with van der Waals surface area (Å²) < 4.78 is 10.1. The number of carboxylic acids is 1. The molecule has 5 heterocycles. The molecule has 0 radical (unpaired) electrons. The van der Waals surface area contributed by atoms with Gasteiger partial charge in [0, 0.05) is 30.1 Å². The monoisotopic (exact) mass is 866 g/mol. The van der Waals surface area contributed by atoms with Gasteiger partial charge in [0.15, 0.2) is 17.2 Å². The number of aromatic amines is 1. The molecule has 1 amide bonds. The number of hydrogen-bond acceptors (Lipinski definition) is 10. The molecule has 5 aromatic heterocycles. The Bertz CT molecular complexity index is 2360. The molecule has 13 nitrogen and oxygen atoms in total. The van der Waals surface area contributed by atoms with Gasteiger partial charge in [-0.3, -0.25) is 9.59 Å². The van der Waals surface area contributed by atoms with Crippen molar-refractivity contribution in [3.63, 3.8) is 0 Å². The first-order valence-electron chi connectivity index (χ1n) is 15.4. The minimum atomic E-state index is -1.12. The molecule has 0 atom stereocenters. The van der Waals surface area contributed by atoms with Gasteiger partial charge < -0.3 is 59.7 Å². The van der Waals surface area contributed by atoms with Crippen LogP contribution in [-0.4, -0.2) is 42.7 Å². The number of nitrogen functional groups attached to an aromatic ring is 2. The summed E-state index contributed by atoms with van der Waals surface area (Å²) in [7, 11) is 0. The van der Waals surface area contributed by atoms with Crippen molar-refractivity contribution in [1.82, 2.24) is 19.9 Å². The minimum absolute atomic E-state index is 0. The predicted octanol–water partition coefficient (Wildman–Crippen LogP) is 5.05. The summed E-state index contributed by atoms with van der Waals surface area (Å²) >= 11 is 12.1. The van der Waals surface area contributed by atoms with E-state index in [-0.39, 0.29) is 64.2 Å². The zero-order valence-corrected chi connectivity index (χ0v) is 31.7. The van der Waals surface area contributed by atoms with E-state index in [0.717, 1.165) is 16.6 Å². The second-order valence-corrected chi connectivity index (χ2v) is 12.1. The summed E-state index contributed by atoms with van der Waals surface area (Å²) in [6, 6.07) is 19.9. The van der Waals surface area contributed by atoms with Crippen LogP contribution in [0.5, 0.6) is 0 Å². The third kappa shape index (κ3) is 10.7. The van der Waals surface area contributed by atoms with Gasteiger partial charge in [0.25, 0.3) is 5.91 Å². The molecule has 0 aliphatic rings. The minimum Gasteiger partial charge on any atom is -1.00 e. The molecular formula is C37H31Cl2IN7O6-. The van der Waals surface area contributed by atoms with Crippen molar-refractivity contribution in [2.45, 2.75) is 20.3 Å². The number of carbonyl (C=O) groups is 3. The maximum Gasteiger partial charge on any atom is 0.337 e. The number of nitrogens with two attached hydrogens (primary N) is 2. The average Bonchev–Trinajstić information content (AvgIpc) is 3.92. The fourth-order valence-electron chi connectivity index (χ4n) is 4.68. The van der Waals surface area contributed by atoms with Gasteiger partial charge in [-0.1, -0.05) is 29.3 Å². The van der Waals surface area contributed by atoms with Crippen LogP contribution in [0.4, 0.5) is 17.2 Å². The Labute approximate surface area is 329 Å². The molecule has 53 heavy (non-hydrogen) atoms. The smallest absolute Gasteiger partial charge is 0.337 e. The first-order chi connectivity index (χ1) is 24.9. The van der Waals surface area contributed by atoms with Gasteiger partial charge in [-0.25, -0.2) is 19.7 Å². The number of aryl methyl sites for hydroxylation is 2. The Morgan fingerprint density at radius 1 is 0.849 bits per heavy atom. The molecule has 0 fully saturated rings. The van der Waals surface area contributed by atoms with E-state index in [1.54, 1.807) is 67.0 Å². The SMILES string of the molecule is Cc1cnc(N)c(N)c1.Cc1cnc2nc(-c3cc(NC(=O)c4ccco4)ccc3Cl)[nH]c2c1.O=C(Cc1ccc(Cl)c(C(=O)O)c1)c1ccco1.[I-]. The Balaban J connectivity index is 0.000000196. The number of nitrogens with zero attached hydrogens (tertiary/aromatic N) is 3. The molecule has 0 saturated carbocycles. The molecule has 7 N–H and O–H groups in total. The van der Waals surface area contributed by atoms with Crippen molar-refractivity contribution < 1.29 is 52.3 Å². The van der Waals surface area contributed by atoms with Crippen molar-refractivity contribution in [2.24, 2.45) is 0 Å². The van der Waals surface area contributed by atoms with Crippen molar-refractivity contribution in [3.05, 3.63) is 142 Å². The van der Waals surface area contributed by atoms with Crippen LogP contribution in [0.1, 0.15) is 48.2 Å². The number of amides is 1. The Morgan fingerprint density at radius 2 is 1.51 bits per heavy atom. The molecule has 0 bridgehead atoms. The highest BCUT2D eigenvalue weighted by molar-refractivity contribution is 6.33. The van der Waals surface area contributed by atoms with Crippen LogP contribution in [0, 0.1) is 13.8 Å². The summed E-state index contributed by atoms with van der Waals surface area (Å²) in [5.41, 5.74) is 16.7. The number of imidazole rings is 1. The Morgan fingerprint density at radius 3 is 2.15 bits per heavy atom. The number of anilines is 3. The molecule has 7 aromatic rings. The number of Topliss-reactive ketones (excluding diaryl/α,β-unsaturated/α-hetero) is 1. The summed E-state index contributed by atoms with van der Waals surface area (Å²) in [5, 5.41) is 12.4. The lowest BCUT2D eigenvalue weighted by molar-refractivity contribution is -0.0000409. The van der Waals surface area contributed by atoms with Crippen LogP contribution in [0.2, 0.25) is 10.0 Å². The van der Waals surface area contributed by atoms with Crippen LogP contribution in [0.25, 0.3) is 22.6 Å². The second kappa shape index (κ2) is 18.2. The highest BCUT2D eigenvalue weighted by Crippen LogP contribution is 2.30. The van der Waals surface area contributed by atoms with Crippen LogP contribution in [0.3, 0.4) is 0 Å². The number of aromatic carboxylic acids is 1. The highest BCUT2D eigenvalue weighted by atomic mass is 127. The second-order valence-electron chi connectivity index (χ2n) is 11.3. The summed E-state index contributed by atoms with van der Waals surface area (Å²) in [6.07, 6.45) is 6.38. The van der Waals surface area contributed by atoms with Crippen molar-refractivity contribution in [3.8, 4) is 11.4 Å². The van der Waals surface area contributed by atoms with E-state index in [4.69, 9.17) is 48.6 Å². The molecule has 16 heteroatoms. The van der Waals surface area contributed by atoms with E-state index in [1.165, 1.54) is 24.7 Å². The van der Waals surface area contributed by atoms with Crippen LogP contribution >= 0.6 is 23.2 Å². The Hall–Kier alpha value is -5.71. The van der Waals surface area contributed by atoms with E-state index in [1.807, 2.05) is 19.9 Å². The third-order valence-corrected chi connectivity index (χ3v) is 7.87. The molecule has 0 unspecified atom stereocenters. The number of furan rings is 2. The third-order valence-electron chi connectivity index (χ3n) is 7.21. The number of carboxylic acid groups (broad SMARTS) is 1. The predicted molar refractivity (Wildman–Crippen MR) is 199 cm³/mol. The van der Waals surface area contributed by atoms with Crippen molar-refractivity contribution in [2.75, 3.05) is 16.8 Å². The topological polar surface area (TPSA) is 216 Å². The number of hydrogen-bond donors (Lipinski definition) is 5. The zero-order chi connectivity index (χ0) is 37.4. The maximum absolute atomic E-state index is 12.1.